The van der Waals surface area contributed by atoms with Crippen LogP contribution < -0.4 is 14.4 Å². The maximum atomic E-state index is 12.4. The van der Waals surface area contributed by atoms with E-state index < -0.39 is 5.60 Å². The third-order valence-corrected chi connectivity index (χ3v) is 6.63. The van der Waals surface area contributed by atoms with Crippen molar-refractivity contribution >= 4 is 22.8 Å². The number of methoxy groups -OCH3 is 2. The van der Waals surface area contributed by atoms with Crippen molar-refractivity contribution in [1.29, 1.82) is 0 Å². The summed E-state index contributed by atoms with van der Waals surface area (Å²) in [6.45, 7) is 8.25. The van der Waals surface area contributed by atoms with E-state index in [1.807, 2.05) is 63.4 Å². The standard InChI is InChI=1S/C30H33N5O4/c1-30(2,3)39-29(36)35-14-12-34(13-15-35)27-11-8-22(18-31-27)20-6-9-24-23(16-20)28(33-19-32-24)21-7-10-25(37-4)26(17-21)38-5/h6-11,16-19H,12-15H2,1-5H3. The van der Waals surface area contributed by atoms with Crippen LogP contribution in [0.3, 0.4) is 0 Å². The van der Waals surface area contributed by atoms with Crippen molar-refractivity contribution in [2.45, 2.75) is 26.4 Å². The predicted molar refractivity (Wildman–Crippen MR) is 151 cm³/mol. The van der Waals surface area contributed by atoms with Crippen LogP contribution >= 0.6 is 0 Å². The second-order valence-corrected chi connectivity index (χ2v) is 10.4. The van der Waals surface area contributed by atoms with Gasteiger partial charge in [0, 0.05) is 48.9 Å². The van der Waals surface area contributed by atoms with Crippen molar-refractivity contribution < 1.29 is 19.0 Å². The summed E-state index contributed by atoms with van der Waals surface area (Å²) in [7, 11) is 3.24. The molecule has 0 radical (unpaired) electrons. The molecule has 9 nitrogen and oxygen atoms in total. The van der Waals surface area contributed by atoms with Gasteiger partial charge in [-0.1, -0.05) is 6.07 Å². The summed E-state index contributed by atoms with van der Waals surface area (Å²) in [5.74, 6) is 2.19. The van der Waals surface area contributed by atoms with E-state index in [0.29, 0.717) is 37.7 Å². The molecule has 0 saturated carbocycles. The third-order valence-electron chi connectivity index (χ3n) is 6.63. The van der Waals surface area contributed by atoms with E-state index in [9.17, 15) is 4.79 Å². The second-order valence-electron chi connectivity index (χ2n) is 10.4. The molecule has 0 spiro atoms. The highest BCUT2D eigenvalue weighted by atomic mass is 16.6. The van der Waals surface area contributed by atoms with Gasteiger partial charge < -0.3 is 24.0 Å². The second kappa shape index (κ2) is 10.8. The molecule has 0 N–H and O–H groups in total. The molecular weight excluding hydrogens is 494 g/mol. The van der Waals surface area contributed by atoms with Gasteiger partial charge in [-0.15, -0.1) is 0 Å². The number of carbonyl (C=O) groups is 1. The molecule has 202 valence electrons. The summed E-state index contributed by atoms with van der Waals surface area (Å²) in [5, 5.41) is 0.935. The fraction of sp³-hybridized carbons (Fsp3) is 0.333. The number of carbonyl (C=O) groups excluding carboxylic acids is 1. The maximum Gasteiger partial charge on any atom is 0.410 e. The molecule has 1 aliphatic rings. The van der Waals surface area contributed by atoms with Crippen LogP contribution in [-0.2, 0) is 4.74 Å². The number of rotatable bonds is 5. The monoisotopic (exact) mass is 527 g/mol. The molecular formula is C30H33N5O4. The largest absolute Gasteiger partial charge is 0.493 e. The summed E-state index contributed by atoms with van der Waals surface area (Å²) >= 11 is 0. The van der Waals surface area contributed by atoms with E-state index >= 15 is 0 Å². The summed E-state index contributed by atoms with van der Waals surface area (Å²) in [6.07, 6.45) is 3.20. The molecule has 9 heteroatoms. The van der Waals surface area contributed by atoms with E-state index in [-0.39, 0.29) is 6.09 Å². The van der Waals surface area contributed by atoms with Gasteiger partial charge in [-0.3, -0.25) is 0 Å². The molecule has 0 aliphatic carbocycles. The Kier molecular flexibility index (Phi) is 7.24. The molecule has 0 atom stereocenters. The van der Waals surface area contributed by atoms with Gasteiger partial charge in [-0.25, -0.2) is 19.7 Å². The van der Waals surface area contributed by atoms with Gasteiger partial charge in [0.25, 0.3) is 0 Å². The highest BCUT2D eigenvalue weighted by Crippen LogP contribution is 2.35. The molecule has 1 fully saturated rings. The summed E-state index contributed by atoms with van der Waals surface area (Å²) < 4.78 is 16.4. The van der Waals surface area contributed by atoms with Gasteiger partial charge in [0.05, 0.1) is 25.4 Å². The van der Waals surface area contributed by atoms with E-state index in [1.165, 1.54) is 0 Å². The highest BCUT2D eigenvalue weighted by Gasteiger charge is 2.26. The van der Waals surface area contributed by atoms with Gasteiger partial charge in [0.2, 0.25) is 0 Å². The number of ether oxygens (including phenoxy) is 3. The van der Waals surface area contributed by atoms with Gasteiger partial charge in [0.1, 0.15) is 17.7 Å². The molecule has 1 amide bonds. The average Bonchev–Trinajstić information content (AvgIpc) is 2.95. The van der Waals surface area contributed by atoms with Crippen LogP contribution in [0.15, 0.2) is 61.1 Å². The molecule has 0 bridgehead atoms. The molecule has 39 heavy (non-hydrogen) atoms. The molecule has 4 aromatic rings. The van der Waals surface area contributed by atoms with Gasteiger partial charge in [0.15, 0.2) is 11.5 Å². The average molecular weight is 528 g/mol. The minimum atomic E-state index is -0.497. The number of piperazine rings is 1. The van der Waals surface area contributed by atoms with E-state index in [2.05, 4.69) is 27.0 Å². The van der Waals surface area contributed by atoms with Crippen molar-refractivity contribution in [2.24, 2.45) is 0 Å². The van der Waals surface area contributed by atoms with Crippen molar-refractivity contribution in [3.05, 3.63) is 61.1 Å². The first kappa shape index (κ1) is 26.2. The number of amides is 1. The van der Waals surface area contributed by atoms with Crippen molar-refractivity contribution in [1.82, 2.24) is 19.9 Å². The van der Waals surface area contributed by atoms with Crippen LogP contribution in [0, 0.1) is 0 Å². The molecule has 0 unspecified atom stereocenters. The number of aromatic nitrogens is 3. The molecule has 5 rings (SSSR count). The number of hydrogen-bond acceptors (Lipinski definition) is 8. The van der Waals surface area contributed by atoms with Crippen molar-refractivity contribution in [3.8, 4) is 33.9 Å². The quantitative estimate of drug-likeness (QED) is 0.339. The van der Waals surface area contributed by atoms with E-state index in [1.54, 1.807) is 25.4 Å². The number of pyridine rings is 1. The topological polar surface area (TPSA) is 89.9 Å². The summed E-state index contributed by atoms with van der Waals surface area (Å²) in [4.78, 5) is 30.1. The highest BCUT2D eigenvalue weighted by molar-refractivity contribution is 5.95. The number of anilines is 1. The smallest absolute Gasteiger partial charge is 0.410 e. The number of hydrogen-bond donors (Lipinski definition) is 0. The summed E-state index contributed by atoms with van der Waals surface area (Å²) in [5.41, 5.74) is 4.10. The Labute approximate surface area is 228 Å². The van der Waals surface area contributed by atoms with Crippen molar-refractivity contribution in [3.63, 3.8) is 0 Å². The Morgan fingerprint density at radius 3 is 2.18 bits per heavy atom. The van der Waals surface area contributed by atoms with Gasteiger partial charge in [-0.2, -0.15) is 0 Å². The lowest BCUT2D eigenvalue weighted by Crippen LogP contribution is -2.50. The molecule has 1 aliphatic heterocycles. The molecule has 2 aromatic heterocycles. The number of nitrogens with zero attached hydrogens (tertiary/aromatic N) is 5. The Morgan fingerprint density at radius 1 is 0.795 bits per heavy atom. The Balaban J connectivity index is 1.35. The van der Waals surface area contributed by atoms with Gasteiger partial charge >= 0.3 is 6.09 Å². The molecule has 1 saturated heterocycles. The Bertz CT molecular complexity index is 1480. The number of benzene rings is 2. The molecule has 2 aromatic carbocycles. The van der Waals surface area contributed by atoms with Crippen LogP contribution in [0.1, 0.15) is 20.8 Å². The van der Waals surface area contributed by atoms with Crippen LogP contribution in [0.25, 0.3) is 33.3 Å². The minimum Gasteiger partial charge on any atom is -0.493 e. The Hall–Kier alpha value is -4.40. The van der Waals surface area contributed by atoms with Gasteiger partial charge in [-0.05, 0) is 68.8 Å². The summed E-state index contributed by atoms with van der Waals surface area (Å²) in [6, 6.07) is 16.0. The lowest BCUT2D eigenvalue weighted by molar-refractivity contribution is 0.0240. The normalized spacial score (nSPS) is 13.9. The lowest BCUT2D eigenvalue weighted by Gasteiger charge is -2.36. The van der Waals surface area contributed by atoms with Crippen molar-refractivity contribution in [2.75, 3.05) is 45.3 Å². The third kappa shape index (κ3) is 5.72. The fourth-order valence-corrected chi connectivity index (χ4v) is 4.64. The first-order valence-corrected chi connectivity index (χ1v) is 12.9. The maximum absolute atomic E-state index is 12.4. The molecule has 3 heterocycles. The lowest BCUT2D eigenvalue weighted by atomic mass is 10.0. The minimum absolute atomic E-state index is 0.266. The van der Waals surface area contributed by atoms with Crippen LogP contribution in [-0.4, -0.2) is 71.9 Å². The SMILES string of the molecule is COc1ccc(-c2ncnc3ccc(-c4ccc(N5CCN(C(=O)OC(C)(C)C)CC5)nc4)cc23)cc1OC. The first-order chi connectivity index (χ1) is 18.8. The fourth-order valence-electron chi connectivity index (χ4n) is 4.64. The predicted octanol–water partition coefficient (Wildman–Crippen LogP) is 5.43. The first-order valence-electron chi connectivity index (χ1n) is 12.9. The van der Waals surface area contributed by atoms with Crippen LogP contribution in [0.5, 0.6) is 11.5 Å². The Morgan fingerprint density at radius 2 is 1.51 bits per heavy atom. The zero-order valence-corrected chi connectivity index (χ0v) is 23.0. The van der Waals surface area contributed by atoms with Crippen LogP contribution in [0.2, 0.25) is 0 Å². The number of fused-ring (bicyclic) bond motifs is 1. The van der Waals surface area contributed by atoms with E-state index in [0.717, 1.165) is 39.1 Å². The van der Waals surface area contributed by atoms with Crippen LogP contribution in [0.4, 0.5) is 10.6 Å². The zero-order valence-electron chi connectivity index (χ0n) is 23.0. The van der Waals surface area contributed by atoms with E-state index in [4.69, 9.17) is 19.2 Å². The zero-order chi connectivity index (χ0) is 27.6.